The molecule has 1 rings (SSSR count). The Morgan fingerprint density at radius 2 is 2.23 bits per heavy atom. The molecule has 0 aromatic carbocycles. The minimum Gasteiger partial charge on any atom is -0.481 e. The van der Waals surface area contributed by atoms with Crippen LogP contribution in [0.2, 0.25) is 0 Å². The SMILES string of the molecule is C=C(C)N1CCC(C)C(C(=O)O)C1. The molecule has 1 N–H and O–H groups in total. The number of aliphatic carboxylic acids is 1. The van der Waals surface area contributed by atoms with Crippen LogP contribution in [0.1, 0.15) is 20.3 Å². The van der Waals surface area contributed by atoms with Gasteiger partial charge >= 0.3 is 5.97 Å². The van der Waals surface area contributed by atoms with Crippen molar-refractivity contribution in [1.29, 1.82) is 0 Å². The number of rotatable bonds is 2. The largest absolute Gasteiger partial charge is 0.481 e. The lowest BCUT2D eigenvalue weighted by molar-refractivity contribution is -0.145. The van der Waals surface area contributed by atoms with E-state index in [1.165, 1.54) is 0 Å². The lowest BCUT2D eigenvalue weighted by atomic mass is 9.87. The first-order chi connectivity index (χ1) is 6.02. The van der Waals surface area contributed by atoms with Crippen molar-refractivity contribution in [3.05, 3.63) is 12.3 Å². The Kier molecular flexibility index (Phi) is 2.96. The number of hydrogen-bond donors (Lipinski definition) is 1. The number of likely N-dealkylation sites (tertiary alicyclic amines) is 1. The van der Waals surface area contributed by atoms with E-state index in [-0.39, 0.29) is 11.8 Å². The van der Waals surface area contributed by atoms with Gasteiger partial charge in [0.1, 0.15) is 0 Å². The summed E-state index contributed by atoms with van der Waals surface area (Å²) in [5, 5.41) is 8.95. The van der Waals surface area contributed by atoms with Crippen molar-refractivity contribution in [3.63, 3.8) is 0 Å². The van der Waals surface area contributed by atoms with Crippen LogP contribution in [-0.2, 0) is 4.79 Å². The Balaban J connectivity index is 2.63. The van der Waals surface area contributed by atoms with Crippen molar-refractivity contribution in [2.45, 2.75) is 20.3 Å². The predicted molar refractivity (Wildman–Crippen MR) is 51.3 cm³/mol. The smallest absolute Gasteiger partial charge is 0.308 e. The van der Waals surface area contributed by atoms with E-state index < -0.39 is 5.97 Å². The molecular formula is C10H17NO2. The molecular weight excluding hydrogens is 166 g/mol. The molecule has 0 aromatic heterocycles. The first kappa shape index (κ1) is 10.1. The number of allylic oxidation sites excluding steroid dienone is 1. The number of nitrogens with zero attached hydrogens (tertiary/aromatic N) is 1. The average Bonchev–Trinajstić information content (AvgIpc) is 2.04. The highest BCUT2D eigenvalue weighted by molar-refractivity contribution is 5.70. The fraction of sp³-hybridized carbons (Fsp3) is 0.700. The Hall–Kier alpha value is -0.990. The van der Waals surface area contributed by atoms with Crippen molar-refractivity contribution >= 4 is 5.97 Å². The van der Waals surface area contributed by atoms with E-state index >= 15 is 0 Å². The van der Waals surface area contributed by atoms with Crippen LogP contribution in [0.15, 0.2) is 12.3 Å². The van der Waals surface area contributed by atoms with E-state index in [0.717, 1.165) is 18.7 Å². The molecule has 0 bridgehead atoms. The van der Waals surface area contributed by atoms with Gasteiger partial charge in [-0.15, -0.1) is 0 Å². The van der Waals surface area contributed by atoms with Gasteiger partial charge < -0.3 is 10.0 Å². The van der Waals surface area contributed by atoms with Gasteiger partial charge in [0.15, 0.2) is 0 Å². The summed E-state index contributed by atoms with van der Waals surface area (Å²) < 4.78 is 0. The zero-order chi connectivity index (χ0) is 10.0. The summed E-state index contributed by atoms with van der Waals surface area (Å²) >= 11 is 0. The molecule has 0 radical (unpaired) electrons. The lowest BCUT2D eigenvalue weighted by Gasteiger charge is -2.36. The Morgan fingerprint density at radius 3 is 2.69 bits per heavy atom. The van der Waals surface area contributed by atoms with Crippen LogP contribution in [-0.4, -0.2) is 29.1 Å². The minimum absolute atomic E-state index is 0.231. The number of piperidine rings is 1. The van der Waals surface area contributed by atoms with Gasteiger partial charge in [0.2, 0.25) is 0 Å². The quantitative estimate of drug-likeness (QED) is 0.706. The molecule has 3 heteroatoms. The van der Waals surface area contributed by atoms with E-state index in [2.05, 4.69) is 11.5 Å². The molecule has 0 amide bonds. The highest BCUT2D eigenvalue weighted by Gasteiger charge is 2.30. The first-order valence-corrected chi connectivity index (χ1v) is 4.65. The first-order valence-electron chi connectivity index (χ1n) is 4.65. The normalized spacial score (nSPS) is 28.6. The maximum atomic E-state index is 10.9. The van der Waals surface area contributed by atoms with E-state index in [4.69, 9.17) is 5.11 Å². The molecule has 13 heavy (non-hydrogen) atoms. The minimum atomic E-state index is -0.682. The van der Waals surface area contributed by atoms with Crippen LogP contribution in [0.4, 0.5) is 0 Å². The lowest BCUT2D eigenvalue weighted by Crippen LogP contribution is -2.41. The van der Waals surface area contributed by atoms with Crippen molar-refractivity contribution in [3.8, 4) is 0 Å². The number of hydrogen-bond acceptors (Lipinski definition) is 2. The molecule has 2 unspecified atom stereocenters. The predicted octanol–water partition coefficient (Wildman–Crippen LogP) is 1.56. The van der Waals surface area contributed by atoms with E-state index in [0.29, 0.717) is 6.54 Å². The van der Waals surface area contributed by atoms with Crippen molar-refractivity contribution in [1.82, 2.24) is 4.90 Å². The number of carboxylic acid groups (broad SMARTS) is 1. The van der Waals surface area contributed by atoms with Crippen molar-refractivity contribution in [2.24, 2.45) is 11.8 Å². The molecule has 3 nitrogen and oxygen atoms in total. The van der Waals surface area contributed by atoms with Crippen LogP contribution >= 0.6 is 0 Å². The molecule has 0 spiro atoms. The standard InChI is InChI=1S/C10H17NO2/c1-7(2)11-5-4-8(3)9(6-11)10(12)13/h8-9H,1,4-6H2,2-3H3,(H,12,13). The van der Waals surface area contributed by atoms with Gasteiger partial charge in [0, 0.05) is 18.8 Å². The summed E-state index contributed by atoms with van der Waals surface area (Å²) in [5.74, 6) is -0.628. The topological polar surface area (TPSA) is 40.5 Å². The van der Waals surface area contributed by atoms with Gasteiger partial charge in [-0.05, 0) is 19.3 Å². The highest BCUT2D eigenvalue weighted by Crippen LogP contribution is 2.24. The zero-order valence-corrected chi connectivity index (χ0v) is 8.29. The summed E-state index contributed by atoms with van der Waals surface area (Å²) in [4.78, 5) is 12.9. The summed E-state index contributed by atoms with van der Waals surface area (Å²) in [7, 11) is 0. The maximum absolute atomic E-state index is 10.9. The van der Waals surface area contributed by atoms with Crippen LogP contribution in [0, 0.1) is 11.8 Å². The van der Waals surface area contributed by atoms with Gasteiger partial charge in [-0.1, -0.05) is 13.5 Å². The van der Waals surface area contributed by atoms with Crippen LogP contribution in [0.25, 0.3) is 0 Å². The van der Waals surface area contributed by atoms with Crippen molar-refractivity contribution < 1.29 is 9.90 Å². The van der Waals surface area contributed by atoms with E-state index in [1.807, 2.05) is 13.8 Å². The molecule has 2 atom stereocenters. The molecule has 74 valence electrons. The molecule has 1 heterocycles. The number of carbonyl (C=O) groups is 1. The summed E-state index contributed by atoms with van der Waals surface area (Å²) in [6.45, 7) is 9.33. The third-order valence-electron chi connectivity index (χ3n) is 2.82. The molecule has 1 aliphatic rings. The molecule has 1 fully saturated rings. The molecule has 1 aliphatic heterocycles. The zero-order valence-electron chi connectivity index (χ0n) is 8.29. The second kappa shape index (κ2) is 3.81. The maximum Gasteiger partial charge on any atom is 0.308 e. The Bertz CT molecular complexity index is 225. The van der Waals surface area contributed by atoms with Crippen LogP contribution in [0.3, 0.4) is 0 Å². The van der Waals surface area contributed by atoms with Crippen LogP contribution < -0.4 is 0 Å². The summed E-state index contributed by atoms with van der Waals surface area (Å²) in [5.41, 5.74) is 0.971. The second-order valence-corrected chi connectivity index (χ2v) is 3.89. The van der Waals surface area contributed by atoms with Crippen molar-refractivity contribution in [2.75, 3.05) is 13.1 Å². The average molecular weight is 183 g/mol. The summed E-state index contributed by atoms with van der Waals surface area (Å²) in [6, 6.07) is 0. The van der Waals surface area contributed by atoms with Gasteiger partial charge in [-0.25, -0.2) is 0 Å². The second-order valence-electron chi connectivity index (χ2n) is 3.89. The molecule has 0 saturated carbocycles. The summed E-state index contributed by atoms with van der Waals surface area (Å²) in [6.07, 6.45) is 0.948. The monoisotopic (exact) mass is 183 g/mol. The van der Waals surface area contributed by atoms with Crippen LogP contribution in [0.5, 0.6) is 0 Å². The number of carboxylic acids is 1. The van der Waals surface area contributed by atoms with E-state index in [1.54, 1.807) is 0 Å². The third kappa shape index (κ3) is 2.23. The fourth-order valence-electron chi connectivity index (χ4n) is 1.74. The molecule has 0 aliphatic carbocycles. The third-order valence-corrected chi connectivity index (χ3v) is 2.82. The molecule has 0 aromatic rings. The molecule has 1 saturated heterocycles. The van der Waals surface area contributed by atoms with Gasteiger partial charge in [-0.3, -0.25) is 4.79 Å². The van der Waals surface area contributed by atoms with Gasteiger partial charge in [-0.2, -0.15) is 0 Å². The highest BCUT2D eigenvalue weighted by atomic mass is 16.4. The Morgan fingerprint density at radius 1 is 1.62 bits per heavy atom. The van der Waals surface area contributed by atoms with E-state index in [9.17, 15) is 4.79 Å². The van der Waals surface area contributed by atoms with Gasteiger partial charge in [0.05, 0.1) is 5.92 Å². The Labute approximate surface area is 79.0 Å². The fourth-order valence-corrected chi connectivity index (χ4v) is 1.74. The van der Waals surface area contributed by atoms with Gasteiger partial charge in [0.25, 0.3) is 0 Å².